The average molecular weight is 424 g/mol. The van der Waals surface area contributed by atoms with Crippen molar-refractivity contribution in [2.45, 2.75) is 19.0 Å². The van der Waals surface area contributed by atoms with Crippen LogP contribution >= 0.6 is 0 Å². The monoisotopic (exact) mass is 424 g/mol. The van der Waals surface area contributed by atoms with E-state index in [2.05, 4.69) is 11.1 Å². The van der Waals surface area contributed by atoms with Gasteiger partial charge in [-0.3, -0.25) is 4.98 Å². The van der Waals surface area contributed by atoms with Gasteiger partial charge in [-0.15, -0.1) is 0 Å². The van der Waals surface area contributed by atoms with Crippen LogP contribution in [-0.4, -0.2) is 29.3 Å². The molecule has 0 saturated carbocycles. The molecule has 1 aliphatic heterocycles. The van der Waals surface area contributed by atoms with Gasteiger partial charge < -0.3 is 9.85 Å². The first kappa shape index (κ1) is 21.3. The number of rotatable bonds is 5. The van der Waals surface area contributed by atoms with Gasteiger partial charge in [0.15, 0.2) is 0 Å². The smallest absolute Gasteiger partial charge is 0.416 e. The second-order valence-electron chi connectivity index (χ2n) is 7.93. The van der Waals surface area contributed by atoms with Crippen LogP contribution in [0.15, 0.2) is 79.1 Å². The number of nitrogens with zero attached hydrogens (tertiary/aromatic N) is 2. The molecule has 31 heavy (non-hydrogen) atoms. The molecule has 0 radical (unpaired) electrons. The van der Waals surface area contributed by atoms with Crippen molar-refractivity contribution in [2.24, 2.45) is 0 Å². The van der Waals surface area contributed by atoms with Crippen LogP contribution in [0.1, 0.15) is 23.1 Å². The Hall–Kier alpha value is -2.96. The van der Waals surface area contributed by atoms with E-state index in [1.165, 1.54) is 12.1 Å². The second kappa shape index (κ2) is 8.65. The molecule has 0 aliphatic carbocycles. The highest BCUT2D eigenvalue weighted by Crippen LogP contribution is 2.33. The van der Waals surface area contributed by atoms with Gasteiger partial charge in [0.05, 0.1) is 25.2 Å². The Balaban J connectivity index is 1.42. The molecule has 3 aromatic rings. The summed E-state index contributed by atoms with van der Waals surface area (Å²) < 4.78 is 38.6. The lowest BCUT2D eigenvalue weighted by molar-refractivity contribution is -0.875. The zero-order valence-electron chi connectivity index (χ0n) is 17.0. The Kier molecular flexibility index (Phi) is 5.94. The molecule has 1 aliphatic rings. The molecule has 160 valence electrons. The quantitative estimate of drug-likeness (QED) is 0.366. The number of halogens is 3. The second-order valence-corrected chi connectivity index (χ2v) is 7.93. The van der Waals surface area contributed by atoms with E-state index in [1.807, 2.05) is 30.3 Å². The van der Waals surface area contributed by atoms with E-state index in [-0.39, 0.29) is 11.2 Å². The van der Waals surface area contributed by atoms with Crippen molar-refractivity contribution in [1.29, 1.82) is 0 Å². The fraction of sp³-hybridized carbons (Fsp3) is 0.240. The van der Waals surface area contributed by atoms with Crippen LogP contribution in [0, 0.1) is 5.21 Å². The summed E-state index contributed by atoms with van der Waals surface area (Å²) in [5.74, 6) is 0. The van der Waals surface area contributed by atoms with Crippen molar-refractivity contribution < 1.29 is 17.8 Å². The van der Waals surface area contributed by atoms with Crippen LogP contribution in [0.2, 0.25) is 0 Å². The van der Waals surface area contributed by atoms with Gasteiger partial charge in [-0.25, -0.2) is 0 Å². The molecule has 2 heterocycles. The summed E-state index contributed by atoms with van der Waals surface area (Å²) in [6.07, 6.45) is 2.06. The van der Waals surface area contributed by atoms with E-state index < -0.39 is 11.7 Å². The predicted molar refractivity (Wildman–Crippen MR) is 116 cm³/mol. The zero-order valence-corrected chi connectivity index (χ0v) is 17.0. The summed E-state index contributed by atoms with van der Waals surface area (Å²) >= 11 is 0. The van der Waals surface area contributed by atoms with Gasteiger partial charge in [0.25, 0.3) is 0 Å². The van der Waals surface area contributed by atoms with Gasteiger partial charge in [0, 0.05) is 25.2 Å². The van der Waals surface area contributed by atoms with Crippen LogP contribution in [-0.2, 0) is 12.6 Å². The average Bonchev–Trinajstić information content (AvgIpc) is 2.79. The minimum absolute atomic E-state index is 0.273. The lowest BCUT2D eigenvalue weighted by Gasteiger charge is -2.44. The van der Waals surface area contributed by atoms with E-state index in [1.54, 1.807) is 24.5 Å². The first-order chi connectivity index (χ1) is 14.8. The highest BCUT2D eigenvalue weighted by atomic mass is 19.4. The lowest BCUT2D eigenvalue weighted by Crippen LogP contribution is -2.46. The van der Waals surface area contributed by atoms with E-state index >= 15 is 0 Å². The SMILES string of the molecule is [O-][N+]1(CCc2cccc(-c3ccncc3)c2)CC=C(c2cccc(C(F)(F)F)c2)CC1. The van der Waals surface area contributed by atoms with E-state index in [0.717, 1.165) is 28.3 Å². The maximum absolute atomic E-state index is 13.2. The van der Waals surface area contributed by atoms with E-state index in [0.29, 0.717) is 31.5 Å². The van der Waals surface area contributed by atoms with Gasteiger partial charge in [-0.05, 0) is 58.2 Å². The minimum atomic E-state index is -4.37. The Morgan fingerprint density at radius 2 is 1.65 bits per heavy atom. The van der Waals surface area contributed by atoms with Crippen LogP contribution in [0.4, 0.5) is 13.2 Å². The summed E-state index contributed by atoms with van der Waals surface area (Å²) in [6.45, 7) is 1.08. The zero-order chi connectivity index (χ0) is 21.9. The van der Waals surface area contributed by atoms with Crippen molar-refractivity contribution in [2.75, 3.05) is 19.6 Å². The van der Waals surface area contributed by atoms with E-state index in [4.69, 9.17) is 0 Å². The van der Waals surface area contributed by atoms with E-state index in [9.17, 15) is 18.4 Å². The molecule has 0 amide bonds. The Morgan fingerprint density at radius 1 is 0.903 bits per heavy atom. The van der Waals surface area contributed by atoms with Crippen molar-refractivity contribution in [3.63, 3.8) is 0 Å². The van der Waals surface area contributed by atoms with Crippen molar-refractivity contribution >= 4 is 5.57 Å². The number of quaternary nitrogens is 1. The maximum Gasteiger partial charge on any atom is 0.416 e. The van der Waals surface area contributed by atoms with Crippen molar-refractivity contribution in [1.82, 2.24) is 4.98 Å². The van der Waals surface area contributed by atoms with Crippen molar-refractivity contribution in [3.8, 4) is 11.1 Å². The van der Waals surface area contributed by atoms with Gasteiger partial charge in [-0.1, -0.05) is 36.4 Å². The summed E-state index contributed by atoms with van der Waals surface area (Å²) in [5, 5.41) is 13.2. The maximum atomic E-state index is 13.2. The van der Waals surface area contributed by atoms with Crippen LogP contribution in [0.25, 0.3) is 16.7 Å². The molecule has 0 spiro atoms. The Morgan fingerprint density at radius 3 is 2.35 bits per heavy atom. The molecule has 3 nitrogen and oxygen atoms in total. The molecule has 0 N–H and O–H groups in total. The topological polar surface area (TPSA) is 36.0 Å². The minimum Gasteiger partial charge on any atom is -0.633 e. The number of hydrogen-bond acceptors (Lipinski definition) is 2. The van der Waals surface area contributed by atoms with Gasteiger partial charge >= 0.3 is 6.18 Å². The highest BCUT2D eigenvalue weighted by molar-refractivity contribution is 5.67. The number of benzene rings is 2. The van der Waals surface area contributed by atoms with Gasteiger partial charge in [-0.2, -0.15) is 13.2 Å². The predicted octanol–water partition coefficient (Wildman–Crippen LogP) is 6.11. The summed E-state index contributed by atoms with van der Waals surface area (Å²) in [5.41, 5.74) is 3.96. The largest absolute Gasteiger partial charge is 0.633 e. The molecule has 0 bridgehead atoms. The molecule has 0 saturated heterocycles. The fourth-order valence-corrected chi connectivity index (χ4v) is 3.94. The molecule has 2 aromatic carbocycles. The molecular weight excluding hydrogens is 401 g/mol. The molecule has 1 unspecified atom stereocenters. The fourth-order valence-electron chi connectivity index (χ4n) is 3.94. The molecule has 1 aromatic heterocycles. The van der Waals surface area contributed by atoms with Crippen LogP contribution < -0.4 is 0 Å². The lowest BCUT2D eigenvalue weighted by atomic mass is 9.97. The third-order valence-corrected chi connectivity index (χ3v) is 5.77. The highest BCUT2D eigenvalue weighted by Gasteiger charge is 2.31. The van der Waals surface area contributed by atoms with Crippen LogP contribution in [0.5, 0.6) is 0 Å². The normalized spacial score (nSPS) is 19.2. The molecule has 4 rings (SSSR count). The molecule has 6 heteroatoms. The van der Waals surface area contributed by atoms with Crippen molar-refractivity contribution in [3.05, 3.63) is 101 Å². The van der Waals surface area contributed by atoms with Crippen LogP contribution in [0.3, 0.4) is 0 Å². The summed E-state index contributed by atoms with van der Waals surface area (Å²) in [7, 11) is 0. The third kappa shape index (κ3) is 5.21. The number of alkyl halides is 3. The van der Waals surface area contributed by atoms with Gasteiger partial charge in [0.2, 0.25) is 0 Å². The number of hydroxylamine groups is 3. The third-order valence-electron chi connectivity index (χ3n) is 5.77. The molecule has 1 atom stereocenters. The number of hydrogen-bond donors (Lipinski definition) is 0. The molecular formula is C25H23F3N2O. The van der Waals surface area contributed by atoms with Gasteiger partial charge in [0.1, 0.15) is 0 Å². The summed E-state index contributed by atoms with van der Waals surface area (Å²) in [4.78, 5) is 4.04. The molecule has 0 fully saturated rings. The summed E-state index contributed by atoms with van der Waals surface area (Å²) in [6, 6.07) is 17.4. The Labute approximate surface area is 179 Å². The Bertz CT molecular complexity index is 1080. The standard InChI is InChI=1S/C25H23F3N2O/c26-25(27,28)24-6-2-5-23(18-24)21-10-15-30(31,16-11-21)14-9-19-3-1-4-22(17-19)20-7-12-29-13-8-20/h1-8,10,12-13,17-18H,9,11,14-16H2. The number of aromatic nitrogens is 1. The first-order valence-corrected chi connectivity index (χ1v) is 10.3. The first-order valence-electron chi connectivity index (χ1n) is 10.3. The number of pyridine rings is 1.